The molecule has 28 heavy (non-hydrogen) atoms. The normalized spacial score (nSPS) is 10.6. The Balaban J connectivity index is 1.56. The minimum atomic E-state index is -0.500. The number of nitrogens with zero attached hydrogens (tertiary/aromatic N) is 3. The number of aryl methyl sites for hydroxylation is 2. The molecule has 0 spiro atoms. The lowest BCUT2D eigenvalue weighted by molar-refractivity contribution is -0.384. The maximum atomic E-state index is 12.4. The summed E-state index contributed by atoms with van der Waals surface area (Å²) in [6.07, 6.45) is 3.54. The molecule has 0 aliphatic carbocycles. The Labute approximate surface area is 176 Å². The molecular formula is C20H19IN4O3. The van der Waals surface area contributed by atoms with Crippen molar-refractivity contribution in [3.8, 4) is 5.69 Å². The van der Waals surface area contributed by atoms with Gasteiger partial charge in [0.05, 0.1) is 21.9 Å². The molecule has 144 valence electrons. The third-order valence-corrected chi connectivity index (χ3v) is 5.28. The van der Waals surface area contributed by atoms with Crippen molar-refractivity contribution in [2.24, 2.45) is 0 Å². The van der Waals surface area contributed by atoms with E-state index in [1.165, 1.54) is 12.1 Å². The third-order valence-electron chi connectivity index (χ3n) is 4.34. The van der Waals surface area contributed by atoms with Gasteiger partial charge in [-0.1, -0.05) is 18.2 Å². The summed E-state index contributed by atoms with van der Waals surface area (Å²) in [5, 5.41) is 18.3. The van der Waals surface area contributed by atoms with Crippen LogP contribution >= 0.6 is 22.6 Å². The number of aromatic nitrogens is 2. The lowest BCUT2D eigenvalue weighted by Crippen LogP contribution is -2.25. The Morgan fingerprint density at radius 3 is 2.71 bits per heavy atom. The molecule has 8 heteroatoms. The molecule has 0 bridgehead atoms. The molecule has 3 rings (SSSR count). The number of non-ortho nitro benzene ring substituents is 1. The summed E-state index contributed by atoms with van der Waals surface area (Å²) in [5.41, 5.74) is 3.33. The van der Waals surface area contributed by atoms with Crippen LogP contribution in [0.2, 0.25) is 0 Å². The topological polar surface area (TPSA) is 90.1 Å². The van der Waals surface area contributed by atoms with Gasteiger partial charge in [-0.05, 0) is 66.1 Å². The van der Waals surface area contributed by atoms with Crippen LogP contribution in [0.25, 0.3) is 5.69 Å². The summed E-state index contributed by atoms with van der Waals surface area (Å²) in [7, 11) is 0. The van der Waals surface area contributed by atoms with Gasteiger partial charge in [0, 0.05) is 28.4 Å². The van der Waals surface area contributed by atoms with E-state index in [0.717, 1.165) is 29.8 Å². The van der Waals surface area contributed by atoms with Crippen LogP contribution in [0.3, 0.4) is 0 Å². The molecule has 1 heterocycles. The molecule has 0 fully saturated rings. The number of nitro groups is 1. The molecule has 0 saturated carbocycles. The number of carbonyl (C=O) groups is 1. The van der Waals surface area contributed by atoms with Crippen molar-refractivity contribution in [3.63, 3.8) is 0 Å². The van der Waals surface area contributed by atoms with Gasteiger partial charge in [0.2, 0.25) is 0 Å². The molecule has 0 aliphatic heterocycles. The number of halogens is 1. The average Bonchev–Trinajstić information content (AvgIpc) is 3.06. The van der Waals surface area contributed by atoms with Crippen molar-refractivity contribution in [1.29, 1.82) is 0 Å². The first-order chi connectivity index (χ1) is 13.5. The molecule has 7 nitrogen and oxygen atoms in total. The minimum Gasteiger partial charge on any atom is -0.352 e. The van der Waals surface area contributed by atoms with E-state index < -0.39 is 4.92 Å². The highest BCUT2D eigenvalue weighted by Gasteiger charge is 2.15. The average molecular weight is 490 g/mol. The van der Waals surface area contributed by atoms with Gasteiger partial charge < -0.3 is 5.32 Å². The molecule has 0 unspecified atom stereocenters. The summed E-state index contributed by atoms with van der Waals surface area (Å²) in [4.78, 5) is 22.8. The second kappa shape index (κ2) is 8.96. The molecule has 0 atom stereocenters. The first-order valence-corrected chi connectivity index (χ1v) is 9.86. The molecule has 0 saturated heterocycles. The van der Waals surface area contributed by atoms with Gasteiger partial charge in [0.15, 0.2) is 0 Å². The zero-order valence-electron chi connectivity index (χ0n) is 15.3. The predicted molar refractivity (Wildman–Crippen MR) is 115 cm³/mol. The maximum absolute atomic E-state index is 12.4. The quantitative estimate of drug-likeness (QED) is 0.234. The van der Waals surface area contributed by atoms with E-state index in [0.29, 0.717) is 15.7 Å². The molecule has 0 radical (unpaired) electrons. The second-order valence-corrected chi connectivity index (χ2v) is 7.46. The Morgan fingerprint density at radius 2 is 2.00 bits per heavy atom. The first kappa shape index (κ1) is 20.0. The van der Waals surface area contributed by atoms with E-state index in [1.807, 2.05) is 70.7 Å². The molecular weight excluding hydrogens is 471 g/mol. The molecule has 0 aliphatic rings. The lowest BCUT2D eigenvalue weighted by atomic mass is 10.1. The highest BCUT2D eigenvalue weighted by molar-refractivity contribution is 14.1. The number of nitro benzene ring substituents is 1. The van der Waals surface area contributed by atoms with Gasteiger partial charge in [0.25, 0.3) is 11.6 Å². The molecule has 1 amide bonds. The number of rotatable bonds is 7. The van der Waals surface area contributed by atoms with Gasteiger partial charge in [-0.15, -0.1) is 0 Å². The smallest absolute Gasteiger partial charge is 0.270 e. The molecule has 2 aromatic carbocycles. The standard InChI is InChI=1S/C20H19IN4O3/c1-14-15(13-24(23-14)16-7-3-2-4-8-16)6-5-11-22-20(26)18-12-17(25(27)28)9-10-19(18)21/h2-4,7-10,12-13H,5-6,11H2,1H3,(H,22,26). The first-order valence-electron chi connectivity index (χ1n) is 8.78. The number of hydrogen-bond donors (Lipinski definition) is 1. The van der Waals surface area contributed by atoms with Gasteiger partial charge in [0.1, 0.15) is 0 Å². The largest absolute Gasteiger partial charge is 0.352 e. The predicted octanol–water partition coefficient (Wildman–Crippen LogP) is 4.06. The van der Waals surface area contributed by atoms with Crippen LogP contribution in [0.15, 0.2) is 54.7 Å². The third kappa shape index (κ3) is 4.75. The molecule has 3 aromatic rings. The lowest BCUT2D eigenvalue weighted by Gasteiger charge is -2.07. The number of para-hydroxylation sites is 1. The van der Waals surface area contributed by atoms with E-state index in [1.54, 1.807) is 6.07 Å². The van der Waals surface area contributed by atoms with Crippen molar-refractivity contribution in [2.75, 3.05) is 6.54 Å². The number of carbonyl (C=O) groups excluding carboxylic acids is 1. The number of nitrogens with one attached hydrogen (secondary N) is 1. The van der Waals surface area contributed by atoms with E-state index in [2.05, 4.69) is 10.4 Å². The van der Waals surface area contributed by atoms with E-state index in [9.17, 15) is 14.9 Å². The number of benzene rings is 2. The van der Waals surface area contributed by atoms with Crippen LogP contribution in [0.1, 0.15) is 28.0 Å². The fourth-order valence-corrected chi connectivity index (χ4v) is 3.41. The number of hydrogen-bond acceptors (Lipinski definition) is 4. The Kier molecular flexibility index (Phi) is 6.40. The Morgan fingerprint density at radius 1 is 1.25 bits per heavy atom. The summed E-state index contributed by atoms with van der Waals surface area (Å²) < 4.78 is 2.54. The highest BCUT2D eigenvalue weighted by atomic mass is 127. The van der Waals surface area contributed by atoms with Gasteiger partial charge in [-0.2, -0.15) is 5.10 Å². The summed E-state index contributed by atoms with van der Waals surface area (Å²) in [6.45, 7) is 2.45. The zero-order valence-corrected chi connectivity index (χ0v) is 17.4. The Hall–Kier alpha value is -2.75. The van der Waals surface area contributed by atoms with Gasteiger partial charge in [-0.25, -0.2) is 4.68 Å². The van der Waals surface area contributed by atoms with Crippen LogP contribution in [-0.2, 0) is 6.42 Å². The van der Waals surface area contributed by atoms with Crippen molar-refractivity contribution in [1.82, 2.24) is 15.1 Å². The van der Waals surface area contributed by atoms with Crippen molar-refractivity contribution >= 4 is 34.2 Å². The summed E-state index contributed by atoms with van der Waals surface area (Å²) >= 11 is 2.00. The maximum Gasteiger partial charge on any atom is 0.270 e. The fourth-order valence-electron chi connectivity index (χ4n) is 2.83. The second-order valence-electron chi connectivity index (χ2n) is 6.30. The van der Waals surface area contributed by atoms with Crippen LogP contribution in [0, 0.1) is 20.6 Å². The SMILES string of the molecule is Cc1nn(-c2ccccc2)cc1CCCNC(=O)c1cc([N+](=O)[O-])ccc1I. The van der Waals surface area contributed by atoms with Crippen LogP contribution in [-0.4, -0.2) is 27.2 Å². The molecule has 1 aromatic heterocycles. The van der Waals surface area contributed by atoms with Crippen molar-refractivity contribution < 1.29 is 9.72 Å². The van der Waals surface area contributed by atoms with Crippen molar-refractivity contribution in [3.05, 3.63) is 85.2 Å². The van der Waals surface area contributed by atoms with Crippen molar-refractivity contribution in [2.45, 2.75) is 19.8 Å². The summed E-state index contributed by atoms with van der Waals surface area (Å²) in [6, 6.07) is 14.2. The van der Waals surface area contributed by atoms with E-state index in [-0.39, 0.29) is 11.6 Å². The summed E-state index contributed by atoms with van der Waals surface area (Å²) in [5.74, 6) is -0.301. The van der Waals surface area contributed by atoms with Crippen LogP contribution in [0.4, 0.5) is 5.69 Å². The van der Waals surface area contributed by atoms with Crippen LogP contribution in [0.5, 0.6) is 0 Å². The monoisotopic (exact) mass is 490 g/mol. The molecule has 1 N–H and O–H groups in total. The van der Waals surface area contributed by atoms with Crippen LogP contribution < -0.4 is 5.32 Å². The Bertz CT molecular complexity index is 1000. The minimum absolute atomic E-state index is 0.0884. The number of amides is 1. The van der Waals surface area contributed by atoms with E-state index >= 15 is 0 Å². The van der Waals surface area contributed by atoms with E-state index in [4.69, 9.17) is 0 Å². The van der Waals surface area contributed by atoms with Gasteiger partial charge >= 0.3 is 0 Å². The fraction of sp³-hybridized carbons (Fsp3) is 0.200. The highest BCUT2D eigenvalue weighted by Crippen LogP contribution is 2.19. The van der Waals surface area contributed by atoms with Gasteiger partial charge in [-0.3, -0.25) is 14.9 Å². The zero-order chi connectivity index (χ0) is 20.1.